The molecule has 1 aromatic rings. The van der Waals surface area contributed by atoms with Gasteiger partial charge in [0.15, 0.2) is 0 Å². The summed E-state index contributed by atoms with van der Waals surface area (Å²) in [4.78, 5) is 11.1. The van der Waals surface area contributed by atoms with Crippen LogP contribution in [0.4, 0.5) is 10.1 Å². The first-order valence-electron chi connectivity index (χ1n) is 4.19. The van der Waals surface area contributed by atoms with Gasteiger partial charge in [0.05, 0.1) is 18.9 Å². The van der Waals surface area contributed by atoms with Crippen molar-refractivity contribution in [2.75, 3.05) is 5.32 Å². The molecule has 1 aromatic carbocycles. The van der Waals surface area contributed by atoms with Gasteiger partial charge in [-0.3, -0.25) is 4.79 Å². The lowest BCUT2D eigenvalue weighted by Crippen LogP contribution is -2.04. The highest BCUT2D eigenvalue weighted by molar-refractivity contribution is 6.00. The van der Waals surface area contributed by atoms with E-state index < -0.39 is 5.82 Å². The molecule has 1 N–H and O–H groups in total. The van der Waals surface area contributed by atoms with Gasteiger partial charge in [-0.25, -0.2) is 4.39 Å². The Kier molecular flexibility index (Phi) is 1.93. The Labute approximate surface area is 80.2 Å². The van der Waals surface area contributed by atoms with Crippen LogP contribution in [0.15, 0.2) is 12.1 Å². The minimum Gasteiger partial charge on any atom is -0.325 e. The minimum atomic E-state index is -0.398. The van der Waals surface area contributed by atoms with Gasteiger partial charge in [-0.05, 0) is 23.3 Å². The lowest BCUT2D eigenvalue weighted by atomic mass is 10.1. The van der Waals surface area contributed by atoms with E-state index in [2.05, 4.69) is 5.32 Å². The van der Waals surface area contributed by atoms with E-state index in [1.54, 1.807) is 0 Å². The number of rotatable bonds is 1. The van der Waals surface area contributed by atoms with Gasteiger partial charge < -0.3 is 5.32 Å². The van der Waals surface area contributed by atoms with Crippen molar-refractivity contribution in [2.24, 2.45) is 0 Å². The van der Waals surface area contributed by atoms with Crippen LogP contribution < -0.4 is 5.32 Å². The number of carbonyl (C=O) groups excluding carboxylic acids is 1. The summed E-state index contributed by atoms with van der Waals surface area (Å²) in [5.41, 5.74) is 1.80. The highest BCUT2D eigenvalue weighted by atomic mass is 19.1. The molecule has 0 aliphatic carbocycles. The van der Waals surface area contributed by atoms with E-state index in [1.165, 1.54) is 12.1 Å². The largest absolute Gasteiger partial charge is 0.325 e. The van der Waals surface area contributed by atoms with Gasteiger partial charge in [0.25, 0.3) is 0 Å². The van der Waals surface area contributed by atoms with Gasteiger partial charge in [0.2, 0.25) is 5.91 Å². The van der Waals surface area contributed by atoms with Crippen molar-refractivity contribution in [2.45, 2.75) is 12.8 Å². The Morgan fingerprint density at radius 1 is 1.57 bits per heavy atom. The van der Waals surface area contributed by atoms with Crippen LogP contribution in [0.1, 0.15) is 11.1 Å². The molecule has 0 saturated heterocycles. The van der Waals surface area contributed by atoms with Crippen LogP contribution in [0.3, 0.4) is 0 Å². The monoisotopic (exact) mass is 190 g/mol. The van der Waals surface area contributed by atoms with Crippen LogP contribution in [-0.2, 0) is 17.6 Å². The van der Waals surface area contributed by atoms with E-state index in [9.17, 15) is 9.18 Å². The zero-order valence-electron chi connectivity index (χ0n) is 7.30. The zero-order valence-corrected chi connectivity index (χ0v) is 7.30. The van der Waals surface area contributed by atoms with Crippen LogP contribution in [0.5, 0.6) is 0 Å². The van der Waals surface area contributed by atoms with Crippen LogP contribution in [0, 0.1) is 17.1 Å². The number of carbonyl (C=O) groups is 1. The summed E-state index contributed by atoms with van der Waals surface area (Å²) in [6.07, 6.45) is 0.311. The summed E-state index contributed by atoms with van der Waals surface area (Å²) in [5.74, 6) is -0.546. The molecule has 0 radical (unpaired) electrons. The van der Waals surface area contributed by atoms with Crippen molar-refractivity contribution < 1.29 is 9.18 Å². The fourth-order valence-corrected chi connectivity index (χ4v) is 1.61. The summed E-state index contributed by atoms with van der Waals surface area (Å²) in [5, 5.41) is 11.1. The van der Waals surface area contributed by atoms with E-state index in [0.717, 1.165) is 0 Å². The summed E-state index contributed by atoms with van der Waals surface area (Å²) in [6, 6.07) is 4.55. The van der Waals surface area contributed by atoms with Gasteiger partial charge in [0, 0.05) is 5.69 Å². The van der Waals surface area contributed by atoms with Crippen molar-refractivity contribution >= 4 is 11.6 Å². The topological polar surface area (TPSA) is 52.9 Å². The number of halogens is 1. The number of nitrogens with one attached hydrogen (secondary N) is 1. The summed E-state index contributed by atoms with van der Waals surface area (Å²) < 4.78 is 13.0. The molecule has 0 aromatic heterocycles. The average Bonchev–Trinajstić information content (AvgIpc) is 2.45. The fraction of sp³-hybridized carbons (Fsp3) is 0.200. The molecule has 1 amide bonds. The van der Waals surface area contributed by atoms with E-state index in [1.807, 2.05) is 6.07 Å². The maximum Gasteiger partial charge on any atom is 0.228 e. The van der Waals surface area contributed by atoms with Crippen molar-refractivity contribution in [1.82, 2.24) is 0 Å². The Morgan fingerprint density at radius 2 is 2.36 bits per heavy atom. The highest BCUT2D eigenvalue weighted by Crippen LogP contribution is 2.28. The van der Waals surface area contributed by atoms with Crippen molar-refractivity contribution in [3.05, 3.63) is 29.1 Å². The second kappa shape index (κ2) is 3.11. The smallest absolute Gasteiger partial charge is 0.228 e. The summed E-state index contributed by atoms with van der Waals surface area (Å²) in [7, 11) is 0. The maximum absolute atomic E-state index is 13.0. The standard InChI is InChI=1S/C10H7FN2O/c11-8-3-6(1-2-12)10-7(4-8)5-9(14)13-10/h3-4H,1,5H2,(H,13,14). The molecule has 1 aliphatic heterocycles. The molecule has 4 heteroatoms. The maximum atomic E-state index is 13.0. The predicted molar refractivity (Wildman–Crippen MR) is 48.1 cm³/mol. The number of nitriles is 1. The van der Waals surface area contributed by atoms with E-state index in [0.29, 0.717) is 16.8 Å². The Bertz CT molecular complexity index is 448. The van der Waals surface area contributed by atoms with Gasteiger partial charge in [0.1, 0.15) is 5.82 Å². The molecule has 3 nitrogen and oxygen atoms in total. The third-order valence-corrected chi connectivity index (χ3v) is 2.15. The lowest BCUT2D eigenvalue weighted by Gasteiger charge is -2.04. The number of amides is 1. The van der Waals surface area contributed by atoms with E-state index in [-0.39, 0.29) is 18.7 Å². The molecule has 2 rings (SSSR count). The second-order valence-electron chi connectivity index (χ2n) is 3.16. The molecule has 0 atom stereocenters. The van der Waals surface area contributed by atoms with Crippen LogP contribution in [-0.4, -0.2) is 5.91 Å². The van der Waals surface area contributed by atoms with Gasteiger partial charge in [-0.15, -0.1) is 0 Å². The van der Waals surface area contributed by atoms with Crippen molar-refractivity contribution in [1.29, 1.82) is 5.26 Å². The van der Waals surface area contributed by atoms with E-state index in [4.69, 9.17) is 5.26 Å². The molecule has 14 heavy (non-hydrogen) atoms. The number of nitrogens with zero attached hydrogens (tertiary/aromatic N) is 1. The molecule has 0 saturated carbocycles. The minimum absolute atomic E-state index is 0.111. The first-order chi connectivity index (χ1) is 6.70. The number of benzene rings is 1. The SMILES string of the molecule is N#CCc1cc(F)cc2c1NC(=O)C2. The van der Waals surface area contributed by atoms with Crippen molar-refractivity contribution in [3.63, 3.8) is 0 Å². The summed E-state index contributed by atoms with van der Waals surface area (Å²) in [6.45, 7) is 0. The van der Waals surface area contributed by atoms with Crippen molar-refractivity contribution in [3.8, 4) is 6.07 Å². The van der Waals surface area contributed by atoms with Crippen LogP contribution >= 0.6 is 0 Å². The predicted octanol–water partition coefficient (Wildman–Crippen LogP) is 1.39. The number of hydrogen-bond acceptors (Lipinski definition) is 2. The first kappa shape index (κ1) is 8.70. The van der Waals surface area contributed by atoms with Gasteiger partial charge >= 0.3 is 0 Å². The Balaban J connectivity index is 2.52. The first-order valence-corrected chi connectivity index (χ1v) is 4.19. The van der Waals surface area contributed by atoms with E-state index >= 15 is 0 Å². The molecule has 0 unspecified atom stereocenters. The molecule has 1 heterocycles. The number of hydrogen-bond donors (Lipinski definition) is 1. The number of anilines is 1. The quantitative estimate of drug-likeness (QED) is 0.727. The normalized spacial score (nSPS) is 13.3. The second-order valence-corrected chi connectivity index (χ2v) is 3.16. The fourth-order valence-electron chi connectivity index (χ4n) is 1.61. The lowest BCUT2D eigenvalue weighted by molar-refractivity contribution is -0.115. The molecule has 0 bridgehead atoms. The van der Waals surface area contributed by atoms with Gasteiger partial charge in [-0.1, -0.05) is 0 Å². The molecule has 0 fully saturated rings. The number of fused-ring (bicyclic) bond motifs is 1. The highest BCUT2D eigenvalue weighted by Gasteiger charge is 2.21. The molecule has 70 valence electrons. The Morgan fingerprint density at radius 3 is 3.07 bits per heavy atom. The molecular weight excluding hydrogens is 183 g/mol. The van der Waals surface area contributed by atoms with Crippen LogP contribution in [0.2, 0.25) is 0 Å². The molecule has 0 spiro atoms. The third-order valence-electron chi connectivity index (χ3n) is 2.15. The van der Waals surface area contributed by atoms with Gasteiger partial charge in [-0.2, -0.15) is 5.26 Å². The molecule has 1 aliphatic rings. The summed E-state index contributed by atoms with van der Waals surface area (Å²) >= 11 is 0. The zero-order chi connectivity index (χ0) is 10.1. The average molecular weight is 190 g/mol. The third kappa shape index (κ3) is 1.33. The Hall–Kier alpha value is -1.89. The molecular formula is C10H7FN2O. The van der Waals surface area contributed by atoms with Crippen LogP contribution in [0.25, 0.3) is 0 Å².